The minimum Gasteiger partial charge on any atom is -0.462 e. The standard InChI is InChI=1S/C25H27NO5S/c1-6-29-23(28)18-9-11-19(26-14-18)10-7-17-8-12-21-20(13-17)24(4,5)15-25(32,30-21)31-22(27)16(2)3/h8-9,11-14,16,32H,6,15H2,1-5H3. The first kappa shape index (κ1) is 23.7. The Kier molecular flexibility index (Phi) is 6.85. The van der Waals surface area contributed by atoms with E-state index in [-0.39, 0.29) is 17.3 Å². The summed E-state index contributed by atoms with van der Waals surface area (Å²) >= 11 is 4.54. The summed E-state index contributed by atoms with van der Waals surface area (Å²) in [5, 5.41) is -1.32. The lowest BCUT2D eigenvalue weighted by Gasteiger charge is -2.42. The summed E-state index contributed by atoms with van der Waals surface area (Å²) in [7, 11) is 0. The molecule has 0 radical (unpaired) electrons. The number of thiol groups is 1. The summed E-state index contributed by atoms with van der Waals surface area (Å²) in [5.74, 6) is 5.68. The van der Waals surface area contributed by atoms with Gasteiger partial charge in [-0.3, -0.25) is 4.79 Å². The Bertz CT molecular complexity index is 1080. The van der Waals surface area contributed by atoms with Crippen molar-refractivity contribution in [2.24, 2.45) is 5.92 Å². The lowest BCUT2D eigenvalue weighted by atomic mass is 9.78. The molecule has 168 valence electrons. The molecule has 1 aliphatic rings. The summed E-state index contributed by atoms with van der Waals surface area (Å²) < 4.78 is 16.5. The molecule has 1 unspecified atom stereocenters. The quantitative estimate of drug-likeness (QED) is 0.318. The van der Waals surface area contributed by atoms with E-state index in [9.17, 15) is 9.59 Å². The number of ether oxygens (including phenoxy) is 3. The maximum absolute atomic E-state index is 12.1. The smallest absolute Gasteiger partial charge is 0.339 e. The number of benzene rings is 1. The zero-order valence-corrected chi connectivity index (χ0v) is 19.8. The highest BCUT2D eigenvalue weighted by molar-refractivity contribution is 7.81. The van der Waals surface area contributed by atoms with Gasteiger partial charge in [0.25, 0.3) is 0 Å². The molecule has 7 heteroatoms. The number of nitrogens with zero attached hydrogens (tertiary/aromatic N) is 1. The molecule has 2 aromatic rings. The van der Waals surface area contributed by atoms with Crippen molar-refractivity contribution in [3.05, 3.63) is 58.9 Å². The van der Waals surface area contributed by atoms with Gasteiger partial charge in [0.2, 0.25) is 0 Å². The largest absolute Gasteiger partial charge is 0.462 e. The SMILES string of the molecule is CCOC(=O)c1ccc(C#Cc2ccc3c(c2)C(C)(C)CC(S)(OC(=O)C(C)C)O3)nc1. The number of fused-ring (bicyclic) bond motifs is 1. The van der Waals surface area contributed by atoms with Gasteiger partial charge in [0.05, 0.1) is 18.1 Å². The first-order valence-corrected chi connectivity index (χ1v) is 10.9. The van der Waals surface area contributed by atoms with Gasteiger partial charge in [-0.15, -0.1) is 0 Å². The molecular formula is C25H27NO5S. The van der Waals surface area contributed by atoms with Crippen LogP contribution < -0.4 is 4.74 Å². The monoisotopic (exact) mass is 453 g/mol. The third-order valence-corrected chi connectivity index (χ3v) is 5.33. The Morgan fingerprint density at radius 1 is 1.22 bits per heavy atom. The summed E-state index contributed by atoms with van der Waals surface area (Å²) in [6.07, 6.45) is 1.85. The maximum atomic E-state index is 12.1. The van der Waals surface area contributed by atoms with Gasteiger partial charge in [-0.1, -0.05) is 46.2 Å². The Labute approximate surface area is 194 Å². The lowest BCUT2D eigenvalue weighted by Crippen LogP contribution is -2.45. The third kappa shape index (κ3) is 5.43. The van der Waals surface area contributed by atoms with E-state index in [0.717, 1.165) is 11.1 Å². The molecule has 0 saturated carbocycles. The molecule has 1 aromatic carbocycles. The minimum absolute atomic E-state index is 0.273. The van der Waals surface area contributed by atoms with Gasteiger partial charge in [0.15, 0.2) is 0 Å². The van der Waals surface area contributed by atoms with Crippen LogP contribution in [0.25, 0.3) is 0 Å². The average molecular weight is 454 g/mol. The second-order valence-corrected chi connectivity index (χ2v) is 9.25. The molecule has 2 heterocycles. The molecule has 0 spiro atoms. The van der Waals surface area contributed by atoms with Gasteiger partial charge in [-0.2, -0.15) is 0 Å². The van der Waals surface area contributed by atoms with E-state index < -0.39 is 11.1 Å². The van der Waals surface area contributed by atoms with Crippen molar-refractivity contribution in [3.63, 3.8) is 0 Å². The van der Waals surface area contributed by atoms with Crippen LogP contribution in [-0.2, 0) is 19.7 Å². The number of rotatable bonds is 4. The van der Waals surface area contributed by atoms with Gasteiger partial charge < -0.3 is 14.2 Å². The van der Waals surface area contributed by atoms with E-state index in [1.807, 2.05) is 18.2 Å². The van der Waals surface area contributed by atoms with Gasteiger partial charge in [0, 0.05) is 29.2 Å². The number of esters is 2. The Hall–Kier alpha value is -2.98. The van der Waals surface area contributed by atoms with Crippen LogP contribution in [-0.4, -0.2) is 28.6 Å². The van der Waals surface area contributed by atoms with E-state index >= 15 is 0 Å². The molecule has 0 saturated heterocycles. The molecule has 6 nitrogen and oxygen atoms in total. The molecule has 0 N–H and O–H groups in total. The van der Waals surface area contributed by atoms with Crippen molar-refractivity contribution in [1.29, 1.82) is 0 Å². The fourth-order valence-electron chi connectivity index (χ4n) is 3.36. The normalized spacial score (nSPS) is 18.6. The van der Waals surface area contributed by atoms with Gasteiger partial charge in [-0.05, 0) is 43.2 Å². The summed E-state index contributed by atoms with van der Waals surface area (Å²) in [4.78, 5) is 28.0. The van der Waals surface area contributed by atoms with Crippen molar-refractivity contribution in [1.82, 2.24) is 4.98 Å². The predicted molar refractivity (Wildman–Crippen MR) is 124 cm³/mol. The lowest BCUT2D eigenvalue weighted by molar-refractivity contribution is -0.180. The van der Waals surface area contributed by atoms with Crippen molar-refractivity contribution in [2.75, 3.05) is 6.61 Å². The number of aromatic nitrogens is 1. The summed E-state index contributed by atoms with van der Waals surface area (Å²) in [6.45, 7) is 9.71. The fraction of sp³-hybridized carbons (Fsp3) is 0.400. The second-order valence-electron chi connectivity index (χ2n) is 8.56. The van der Waals surface area contributed by atoms with Crippen molar-refractivity contribution in [3.8, 4) is 17.6 Å². The molecule has 3 rings (SSSR count). The number of pyridine rings is 1. The summed E-state index contributed by atoms with van der Waals surface area (Å²) in [5.41, 5.74) is 2.33. The first-order valence-electron chi connectivity index (χ1n) is 10.5. The van der Waals surface area contributed by atoms with Crippen LogP contribution in [0.4, 0.5) is 0 Å². The van der Waals surface area contributed by atoms with Crippen LogP contribution in [0.5, 0.6) is 5.75 Å². The van der Waals surface area contributed by atoms with Crippen LogP contribution >= 0.6 is 12.6 Å². The molecule has 0 fully saturated rings. The van der Waals surface area contributed by atoms with Crippen LogP contribution in [0, 0.1) is 17.8 Å². The molecule has 1 aliphatic heterocycles. The first-order chi connectivity index (χ1) is 15.0. The van der Waals surface area contributed by atoms with E-state index in [4.69, 9.17) is 14.2 Å². The Morgan fingerprint density at radius 3 is 2.59 bits per heavy atom. The number of carbonyl (C=O) groups excluding carboxylic acids is 2. The molecular weight excluding hydrogens is 426 g/mol. The van der Waals surface area contributed by atoms with Crippen molar-refractivity contribution >= 4 is 24.6 Å². The predicted octanol–water partition coefficient (Wildman–Crippen LogP) is 4.50. The topological polar surface area (TPSA) is 74.7 Å². The maximum Gasteiger partial charge on any atom is 0.339 e. The highest BCUT2D eigenvalue weighted by atomic mass is 32.1. The number of carbonyl (C=O) groups is 2. The van der Waals surface area contributed by atoms with E-state index in [1.165, 1.54) is 6.20 Å². The van der Waals surface area contributed by atoms with Crippen LogP contribution in [0.15, 0.2) is 36.5 Å². The van der Waals surface area contributed by atoms with Gasteiger partial charge in [0.1, 0.15) is 11.4 Å². The molecule has 32 heavy (non-hydrogen) atoms. The Balaban J connectivity index is 1.81. The van der Waals surface area contributed by atoms with Crippen molar-refractivity contribution in [2.45, 2.75) is 51.6 Å². The number of hydrogen-bond acceptors (Lipinski definition) is 7. The van der Waals surface area contributed by atoms with Crippen LogP contribution in [0.1, 0.15) is 68.2 Å². The minimum atomic E-state index is -1.32. The van der Waals surface area contributed by atoms with Crippen molar-refractivity contribution < 1.29 is 23.8 Å². The van der Waals surface area contributed by atoms with E-state index in [1.54, 1.807) is 32.9 Å². The summed E-state index contributed by atoms with van der Waals surface area (Å²) in [6, 6.07) is 8.93. The molecule has 1 aromatic heterocycles. The highest BCUT2D eigenvalue weighted by Gasteiger charge is 2.46. The zero-order valence-electron chi connectivity index (χ0n) is 18.9. The second kappa shape index (κ2) is 9.25. The van der Waals surface area contributed by atoms with Crippen LogP contribution in [0.3, 0.4) is 0 Å². The van der Waals surface area contributed by atoms with E-state index in [2.05, 4.69) is 43.3 Å². The van der Waals surface area contributed by atoms with Gasteiger partial charge >= 0.3 is 17.1 Å². The molecule has 1 atom stereocenters. The van der Waals surface area contributed by atoms with Gasteiger partial charge in [-0.25, -0.2) is 9.78 Å². The van der Waals surface area contributed by atoms with E-state index in [0.29, 0.717) is 30.0 Å². The third-order valence-electron chi connectivity index (χ3n) is 4.98. The number of hydrogen-bond donors (Lipinski definition) is 1. The molecule has 0 aliphatic carbocycles. The zero-order chi connectivity index (χ0) is 23.5. The molecule has 0 amide bonds. The Morgan fingerprint density at radius 2 is 1.97 bits per heavy atom. The average Bonchev–Trinajstić information content (AvgIpc) is 2.72. The fourth-order valence-corrected chi connectivity index (χ4v) is 3.94. The highest BCUT2D eigenvalue weighted by Crippen LogP contribution is 2.47. The van der Waals surface area contributed by atoms with Crippen LogP contribution in [0.2, 0.25) is 0 Å². The molecule has 0 bridgehead atoms.